The molecule has 2 nitrogen and oxygen atoms in total. The fraction of sp³-hybridized carbons (Fsp3) is 0.136. The van der Waals surface area contributed by atoms with Crippen LogP contribution in [-0.4, -0.2) is 11.0 Å². The third kappa shape index (κ3) is 2.41. The Morgan fingerprint density at radius 1 is 0.750 bits per heavy atom. The molecule has 4 aromatic rings. The van der Waals surface area contributed by atoms with Gasteiger partial charge in [0, 0.05) is 35.2 Å². The predicted octanol–water partition coefficient (Wildman–Crippen LogP) is 5.93. The van der Waals surface area contributed by atoms with Crippen LogP contribution < -0.4 is 4.90 Å². The predicted molar refractivity (Wildman–Crippen MR) is 103 cm³/mol. The minimum absolute atomic E-state index is 0.344. The summed E-state index contributed by atoms with van der Waals surface area (Å²) in [7, 11) is 0. The van der Waals surface area contributed by atoms with E-state index in [-0.39, 0.29) is 0 Å². The number of benzene rings is 3. The van der Waals surface area contributed by atoms with E-state index in [1.807, 2.05) is 12.4 Å². The molecule has 0 saturated heterocycles. The first kappa shape index (κ1) is 14.7. The summed E-state index contributed by atoms with van der Waals surface area (Å²) in [5, 5.41) is 5.15. The molecule has 0 aliphatic heterocycles. The van der Waals surface area contributed by atoms with Gasteiger partial charge < -0.3 is 4.90 Å². The summed E-state index contributed by atoms with van der Waals surface area (Å²) >= 11 is 0. The highest BCUT2D eigenvalue weighted by Crippen LogP contribution is 2.38. The largest absolute Gasteiger partial charge is 0.338 e. The molecule has 24 heavy (non-hydrogen) atoms. The van der Waals surface area contributed by atoms with Gasteiger partial charge in [0.1, 0.15) is 0 Å². The third-order valence-electron chi connectivity index (χ3n) is 4.46. The summed E-state index contributed by atoms with van der Waals surface area (Å²) in [6, 6.07) is 24.1. The number of anilines is 2. The van der Waals surface area contributed by atoms with Gasteiger partial charge in [-0.2, -0.15) is 0 Å². The molecule has 0 bridgehead atoms. The number of hydrogen-bond donors (Lipinski definition) is 0. The van der Waals surface area contributed by atoms with Crippen LogP contribution in [0.1, 0.15) is 13.8 Å². The lowest BCUT2D eigenvalue weighted by molar-refractivity contribution is 0.791. The van der Waals surface area contributed by atoms with Crippen molar-refractivity contribution in [3.8, 4) is 0 Å². The molecule has 0 aliphatic carbocycles. The summed E-state index contributed by atoms with van der Waals surface area (Å²) in [6.07, 6.45) is 3.71. The maximum atomic E-state index is 4.17. The van der Waals surface area contributed by atoms with E-state index in [0.717, 1.165) is 0 Å². The van der Waals surface area contributed by atoms with Crippen LogP contribution in [0, 0.1) is 0 Å². The fourth-order valence-corrected chi connectivity index (χ4v) is 3.45. The average molecular weight is 312 g/mol. The van der Waals surface area contributed by atoms with Crippen molar-refractivity contribution in [2.45, 2.75) is 19.9 Å². The zero-order chi connectivity index (χ0) is 16.5. The van der Waals surface area contributed by atoms with Crippen LogP contribution >= 0.6 is 0 Å². The van der Waals surface area contributed by atoms with Crippen molar-refractivity contribution < 1.29 is 0 Å². The average Bonchev–Trinajstić information content (AvgIpc) is 2.63. The minimum Gasteiger partial charge on any atom is -0.338 e. The van der Waals surface area contributed by atoms with Gasteiger partial charge in [-0.25, -0.2) is 0 Å². The van der Waals surface area contributed by atoms with Gasteiger partial charge in [0.15, 0.2) is 0 Å². The molecule has 1 aromatic heterocycles. The second kappa shape index (κ2) is 5.97. The standard InChI is InChI=1S/C22H20N2/c1-16(2)24(18-11-13-23-14-12-18)22-15-17-7-3-4-8-19(17)20-9-5-6-10-21(20)22/h3-16H,1-2H3. The number of hydrogen-bond acceptors (Lipinski definition) is 2. The molecule has 0 unspecified atom stereocenters. The summed E-state index contributed by atoms with van der Waals surface area (Å²) in [4.78, 5) is 6.55. The quantitative estimate of drug-likeness (QED) is 0.436. The molecule has 0 fully saturated rings. The van der Waals surface area contributed by atoms with Gasteiger partial charge in [-0.3, -0.25) is 4.98 Å². The number of fused-ring (bicyclic) bond motifs is 3. The van der Waals surface area contributed by atoms with E-state index in [9.17, 15) is 0 Å². The molecule has 0 N–H and O–H groups in total. The fourth-order valence-electron chi connectivity index (χ4n) is 3.45. The zero-order valence-electron chi connectivity index (χ0n) is 14.0. The van der Waals surface area contributed by atoms with Gasteiger partial charge in [-0.1, -0.05) is 48.5 Å². The van der Waals surface area contributed by atoms with E-state index in [1.165, 1.54) is 32.9 Å². The normalized spacial score (nSPS) is 11.3. The molecule has 0 atom stereocenters. The van der Waals surface area contributed by atoms with E-state index in [4.69, 9.17) is 0 Å². The van der Waals surface area contributed by atoms with E-state index >= 15 is 0 Å². The Hall–Kier alpha value is -2.87. The molecule has 0 radical (unpaired) electrons. The summed E-state index contributed by atoms with van der Waals surface area (Å²) in [5.74, 6) is 0. The first-order valence-electron chi connectivity index (χ1n) is 8.35. The monoisotopic (exact) mass is 312 g/mol. The zero-order valence-corrected chi connectivity index (χ0v) is 14.0. The van der Waals surface area contributed by atoms with E-state index in [1.54, 1.807) is 0 Å². The molecule has 0 saturated carbocycles. The molecule has 0 aliphatic rings. The van der Waals surface area contributed by atoms with Crippen LogP contribution in [0.15, 0.2) is 79.1 Å². The molecule has 0 spiro atoms. The van der Waals surface area contributed by atoms with Crippen LogP contribution in [0.3, 0.4) is 0 Å². The van der Waals surface area contributed by atoms with Crippen molar-refractivity contribution in [1.82, 2.24) is 4.98 Å². The van der Waals surface area contributed by atoms with Crippen molar-refractivity contribution >= 4 is 32.9 Å². The summed E-state index contributed by atoms with van der Waals surface area (Å²) in [5.41, 5.74) is 2.41. The lowest BCUT2D eigenvalue weighted by atomic mass is 9.99. The summed E-state index contributed by atoms with van der Waals surface area (Å²) in [6.45, 7) is 4.45. The van der Waals surface area contributed by atoms with Crippen molar-refractivity contribution in [2.24, 2.45) is 0 Å². The summed E-state index contributed by atoms with van der Waals surface area (Å²) < 4.78 is 0. The number of rotatable bonds is 3. The van der Waals surface area contributed by atoms with Crippen LogP contribution in [-0.2, 0) is 0 Å². The van der Waals surface area contributed by atoms with Crippen molar-refractivity contribution in [3.63, 3.8) is 0 Å². The number of nitrogens with zero attached hydrogens (tertiary/aromatic N) is 2. The van der Waals surface area contributed by atoms with Crippen molar-refractivity contribution in [3.05, 3.63) is 79.1 Å². The molecule has 3 aromatic carbocycles. The van der Waals surface area contributed by atoms with Crippen LogP contribution in [0.25, 0.3) is 21.5 Å². The Morgan fingerprint density at radius 3 is 2.08 bits per heavy atom. The lowest BCUT2D eigenvalue weighted by Crippen LogP contribution is -2.25. The van der Waals surface area contributed by atoms with Gasteiger partial charge in [-0.15, -0.1) is 0 Å². The van der Waals surface area contributed by atoms with Crippen LogP contribution in [0.4, 0.5) is 11.4 Å². The van der Waals surface area contributed by atoms with E-state index in [2.05, 4.69) is 90.5 Å². The van der Waals surface area contributed by atoms with Gasteiger partial charge in [0.2, 0.25) is 0 Å². The lowest BCUT2D eigenvalue weighted by Gasteiger charge is -2.30. The van der Waals surface area contributed by atoms with Crippen molar-refractivity contribution in [2.75, 3.05) is 4.90 Å². The first-order chi connectivity index (χ1) is 11.8. The second-order valence-electron chi connectivity index (χ2n) is 6.33. The molecule has 0 amide bonds. The molecular weight excluding hydrogens is 292 g/mol. The number of aromatic nitrogens is 1. The smallest absolute Gasteiger partial charge is 0.0499 e. The SMILES string of the molecule is CC(C)N(c1ccncc1)c1cc2ccccc2c2ccccc12. The van der Waals surface area contributed by atoms with Crippen molar-refractivity contribution in [1.29, 1.82) is 0 Å². The van der Waals surface area contributed by atoms with Gasteiger partial charge in [0.05, 0.1) is 0 Å². The highest BCUT2D eigenvalue weighted by molar-refractivity contribution is 6.13. The second-order valence-corrected chi connectivity index (χ2v) is 6.33. The van der Waals surface area contributed by atoms with E-state index in [0.29, 0.717) is 6.04 Å². The Balaban J connectivity index is 2.07. The Bertz CT molecular complexity index is 990. The molecule has 4 rings (SSSR count). The van der Waals surface area contributed by atoms with E-state index < -0.39 is 0 Å². The molecular formula is C22H20N2. The maximum Gasteiger partial charge on any atom is 0.0499 e. The highest BCUT2D eigenvalue weighted by Gasteiger charge is 2.17. The topological polar surface area (TPSA) is 16.1 Å². The minimum atomic E-state index is 0.344. The first-order valence-corrected chi connectivity index (χ1v) is 8.35. The Morgan fingerprint density at radius 2 is 1.38 bits per heavy atom. The Kier molecular flexibility index (Phi) is 3.66. The Labute approximate surface area is 142 Å². The maximum absolute atomic E-state index is 4.17. The van der Waals surface area contributed by atoms with Crippen LogP contribution in [0.5, 0.6) is 0 Å². The van der Waals surface area contributed by atoms with Gasteiger partial charge >= 0.3 is 0 Å². The molecule has 1 heterocycles. The molecule has 118 valence electrons. The number of pyridine rings is 1. The molecule has 2 heteroatoms. The van der Waals surface area contributed by atoms with Gasteiger partial charge in [-0.05, 0) is 48.2 Å². The van der Waals surface area contributed by atoms with Crippen LogP contribution in [0.2, 0.25) is 0 Å². The highest BCUT2D eigenvalue weighted by atomic mass is 15.2. The van der Waals surface area contributed by atoms with Gasteiger partial charge in [0.25, 0.3) is 0 Å². The third-order valence-corrected chi connectivity index (χ3v) is 4.46.